The lowest BCUT2D eigenvalue weighted by atomic mass is 10.1. The van der Waals surface area contributed by atoms with E-state index in [0.717, 1.165) is 22.9 Å². The van der Waals surface area contributed by atoms with Crippen LogP contribution in [0.1, 0.15) is 25.3 Å². The standard InChI is InChI=1S/C16H20N2O4/c1-10(19)15(16(21)22)18-14(20)8-4-5-11-9-17-13-7-3-2-6-12(11)13/h2-3,6-7,9-10,15,17,19H,4-5,8H2,1H3,(H,18,20)(H,21,22)/t10-,15+/m1/s1. The smallest absolute Gasteiger partial charge is 0.328 e. The highest BCUT2D eigenvalue weighted by molar-refractivity contribution is 5.84. The van der Waals surface area contributed by atoms with Crippen LogP contribution in [0.2, 0.25) is 0 Å². The van der Waals surface area contributed by atoms with Gasteiger partial charge in [0.25, 0.3) is 0 Å². The molecule has 6 nitrogen and oxygen atoms in total. The summed E-state index contributed by atoms with van der Waals surface area (Å²) in [5.41, 5.74) is 2.19. The lowest BCUT2D eigenvalue weighted by Gasteiger charge is -2.16. The Kier molecular flexibility index (Phi) is 5.16. The van der Waals surface area contributed by atoms with Crippen LogP contribution in [-0.2, 0) is 16.0 Å². The van der Waals surface area contributed by atoms with Gasteiger partial charge < -0.3 is 20.5 Å². The Hall–Kier alpha value is -2.34. The van der Waals surface area contributed by atoms with Crippen LogP contribution in [0.25, 0.3) is 10.9 Å². The maximum absolute atomic E-state index is 11.8. The minimum atomic E-state index is -1.26. The van der Waals surface area contributed by atoms with Crippen LogP contribution in [0.15, 0.2) is 30.5 Å². The second-order valence-electron chi connectivity index (χ2n) is 5.34. The van der Waals surface area contributed by atoms with Gasteiger partial charge >= 0.3 is 5.97 Å². The summed E-state index contributed by atoms with van der Waals surface area (Å²) in [6.45, 7) is 1.34. The number of aromatic nitrogens is 1. The summed E-state index contributed by atoms with van der Waals surface area (Å²) in [7, 11) is 0. The largest absolute Gasteiger partial charge is 0.480 e. The van der Waals surface area contributed by atoms with Crippen molar-refractivity contribution < 1.29 is 19.8 Å². The lowest BCUT2D eigenvalue weighted by molar-refractivity contribution is -0.144. The second kappa shape index (κ2) is 7.09. The number of nitrogens with one attached hydrogen (secondary N) is 2. The first-order valence-electron chi connectivity index (χ1n) is 7.24. The molecule has 0 fully saturated rings. The van der Waals surface area contributed by atoms with Gasteiger partial charge in [0, 0.05) is 23.5 Å². The third-order valence-corrected chi connectivity index (χ3v) is 3.59. The number of aromatic amines is 1. The van der Waals surface area contributed by atoms with Crippen LogP contribution in [0, 0.1) is 0 Å². The van der Waals surface area contributed by atoms with Gasteiger partial charge in [-0.3, -0.25) is 4.79 Å². The Labute approximate surface area is 128 Å². The molecule has 1 heterocycles. The van der Waals surface area contributed by atoms with Crippen molar-refractivity contribution in [3.8, 4) is 0 Å². The molecular formula is C16H20N2O4. The average Bonchev–Trinajstić information content (AvgIpc) is 2.88. The molecule has 118 valence electrons. The number of carboxylic acid groups (broad SMARTS) is 1. The van der Waals surface area contributed by atoms with E-state index in [9.17, 15) is 14.7 Å². The number of para-hydroxylation sites is 1. The number of carboxylic acids is 1. The monoisotopic (exact) mass is 304 g/mol. The summed E-state index contributed by atoms with van der Waals surface area (Å²) < 4.78 is 0. The van der Waals surface area contributed by atoms with Gasteiger partial charge in [-0.05, 0) is 31.4 Å². The van der Waals surface area contributed by atoms with Crippen LogP contribution in [-0.4, -0.2) is 39.2 Å². The van der Waals surface area contributed by atoms with Gasteiger partial charge in [-0.2, -0.15) is 0 Å². The van der Waals surface area contributed by atoms with Gasteiger partial charge in [0.05, 0.1) is 6.10 Å². The number of hydrogen-bond acceptors (Lipinski definition) is 3. The van der Waals surface area contributed by atoms with E-state index in [1.54, 1.807) is 0 Å². The van der Waals surface area contributed by atoms with E-state index in [4.69, 9.17) is 5.11 Å². The fraction of sp³-hybridized carbons (Fsp3) is 0.375. The summed E-state index contributed by atoms with van der Waals surface area (Å²) in [4.78, 5) is 25.8. The van der Waals surface area contributed by atoms with E-state index >= 15 is 0 Å². The van der Waals surface area contributed by atoms with Crippen LogP contribution < -0.4 is 5.32 Å². The van der Waals surface area contributed by atoms with Gasteiger partial charge in [-0.1, -0.05) is 18.2 Å². The van der Waals surface area contributed by atoms with Crippen LogP contribution >= 0.6 is 0 Å². The van der Waals surface area contributed by atoms with Crippen molar-refractivity contribution in [1.29, 1.82) is 0 Å². The zero-order chi connectivity index (χ0) is 16.1. The van der Waals surface area contributed by atoms with E-state index in [0.29, 0.717) is 6.42 Å². The van der Waals surface area contributed by atoms with Crippen molar-refractivity contribution in [2.24, 2.45) is 0 Å². The number of H-pyrrole nitrogens is 1. The maximum atomic E-state index is 11.8. The molecule has 2 atom stereocenters. The number of aliphatic hydroxyl groups excluding tert-OH is 1. The second-order valence-corrected chi connectivity index (χ2v) is 5.34. The van der Waals surface area contributed by atoms with Gasteiger partial charge in [0.1, 0.15) is 0 Å². The molecule has 0 aliphatic carbocycles. The van der Waals surface area contributed by atoms with Crippen molar-refractivity contribution >= 4 is 22.8 Å². The number of amides is 1. The molecule has 0 aliphatic rings. The first-order valence-corrected chi connectivity index (χ1v) is 7.24. The molecule has 2 rings (SSSR count). The number of rotatable bonds is 7. The van der Waals surface area contributed by atoms with E-state index in [1.165, 1.54) is 6.92 Å². The zero-order valence-corrected chi connectivity index (χ0v) is 12.4. The molecule has 1 aromatic heterocycles. The molecule has 0 aliphatic heterocycles. The molecule has 2 aromatic rings. The highest BCUT2D eigenvalue weighted by Crippen LogP contribution is 2.19. The highest BCUT2D eigenvalue weighted by Gasteiger charge is 2.24. The first-order chi connectivity index (χ1) is 10.5. The number of carbonyl (C=O) groups is 2. The average molecular weight is 304 g/mol. The van der Waals surface area contributed by atoms with Crippen molar-refractivity contribution in [1.82, 2.24) is 10.3 Å². The normalized spacial score (nSPS) is 13.7. The number of benzene rings is 1. The quantitative estimate of drug-likeness (QED) is 0.621. The zero-order valence-electron chi connectivity index (χ0n) is 12.4. The predicted molar refractivity (Wildman–Crippen MR) is 82.5 cm³/mol. The molecular weight excluding hydrogens is 284 g/mol. The highest BCUT2D eigenvalue weighted by atomic mass is 16.4. The van der Waals surface area contributed by atoms with Crippen molar-refractivity contribution in [3.63, 3.8) is 0 Å². The molecule has 22 heavy (non-hydrogen) atoms. The molecule has 0 bridgehead atoms. The fourth-order valence-corrected chi connectivity index (χ4v) is 2.41. The molecule has 1 aromatic carbocycles. The molecule has 0 saturated carbocycles. The molecule has 0 saturated heterocycles. The number of aliphatic hydroxyl groups is 1. The van der Waals surface area contributed by atoms with Gasteiger partial charge in [0.15, 0.2) is 6.04 Å². The molecule has 1 amide bonds. The lowest BCUT2D eigenvalue weighted by Crippen LogP contribution is -2.47. The van der Waals surface area contributed by atoms with E-state index in [-0.39, 0.29) is 12.3 Å². The predicted octanol–water partition coefficient (Wildman–Crippen LogP) is 1.44. The first kappa shape index (κ1) is 16.0. The number of aliphatic carboxylic acids is 1. The number of fused-ring (bicyclic) bond motifs is 1. The summed E-state index contributed by atoms with van der Waals surface area (Å²) in [6, 6.07) is 6.67. The maximum Gasteiger partial charge on any atom is 0.328 e. The fourth-order valence-electron chi connectivity index (χ4n) is 2.41. The summed E-state index contributed by atoms with van der Waals surface area (Å²) in [6.07, 6.45) is 2.35. The topological polar surface area (TPSA) is 102 Å². The third kappa shape index (κ3) is 3.85. The van der Waals surface area contributed by atoms with Crippen LogP contribution in [0.3, 0.4) is 0 Å². The van der Waals surface area contributed by atoms with Gasteiger partial charge in [-0.25, -0.2) is 4.79 Å². The van der Waals surface area contributed by atoms with Crippen LogP contribution in [0.5, 0.6) is 0 Å². The summed E-state index contributed by atoms with van der Waals surface area (Å²) in [5, 5.41) is 21.7. The Morgan fingerprint density at radius 3 is 2.73 bits per heavy atom. The Balaban J connectivity index is 1.85. The molecule has 6 heteroatoms. The van der Waals surface area contributed by atoms with Crippen molar-refractivity contribution in [2.75, 3.05) is 0 Å². The number of aryl methyl sites for hydroxylation is 1. The van der Waals surface area contributed by atoms with E-state index in [1.807, 2.05) is 30.5 Å². The Bertz CT molecular complexity index is 663. The molecule has 0 spiro atoms. The Morgan fingerprint density at radius 2 is 2.05 bits per heavy atom. The Morgan fingerprint density at radius 1 is 1.32 bits per heavy atom. The summed E-state index contributed by atoms with van der Waals surface area (Å²) >= 11 is 0. The minimum absolute atomic E-state index is 0.218. The van der Waals surface area contributed by atoms with E-state index in [2.05, 4.69) is 10.3 Å². The third-order valence-electron chi connectivity index (χ3n) is 3.59. The SMILES string of the molecule is C[C@@H](O)[C@H](NC(=O)CCCc1c[nH]c2ccccc12)C(=O)O. The molecule has 0 radical (unpaired) electrons. The molecule has 4 N–H and O–H groups in total. The van der Waals surface area contributed by atoms with Crippen molar-refractivity contribution in [2.45, 2.75) is 38.3 Å². The van der Waals surface area contributed by atoms with Gasteiger partial charge in [-0.15, -0.1) is 0 Å². The molecule has 0 unspecified atom stereocenters. The summed E-state index contributed by atoms with van der Waals surface area (Å²) in [5.74, 6) is -1.60. The number of carbonyl (C=O) groups excluding carboxylic acids is 1. The van der Waals surface area contributed by atoms with Crippen LogP contribution in [0.4, 0.5) is 0 Å². The van der Waals surface area contributed by atoms with Crippen molar-refractivity contribution in [3.05, 3.63) is 36.0 Å². The van der Waals surface area contributed by atoms with E-state index < -0.39 is 18.1 Å². The van der Waals surface area contributed by atoms with Gasteiger partial charge in [0.2, 0.25) is 5.91 Å². The number of hydrogen-bond donors (Lipinski definition) is 4. The minimum Gasteiger partial charge on any atom is -0.480 e.